The highest BCUT2D eigenvalue weighted by atomic mass is 19.1. The Morgan fingerprint density at radius 1 is 1.23 bits per heavy atom. The van der Waals surface area contributed by atoms with Gasteiger partial charge in [-0.1, -0.05) is 12.1 Å². The second-order valence-corrected chi connectivity index (χ2v) is 7.23. The zero-order valence-electron chi connectivity index (χ0n) is 16.5. The Bertz CT molecular complexity index is 1160. The molecule has 9 heteroatoms. The lowest BCUT2D eigenvalue weighted by Gasteiger charge is -2.36. The van der Waals surface area contributed by atoms with E-state index in [0.29, 0.717) is 29.8 Å². The Morgan fingerprint density at radius 2 is 2.07 bits per heavy atom. The van der Waals surface area contributed by atoms with Crippen LogP contribution in [0.1, 0.15) is 41.5 Å². The lowest BCUT2D eigenvalue weighted by molar-refractivity contribution is 0.0598. The highest BCUT2D eigenvalue weighted by molar-refractivity contribution is 5.92. The van der Waals surface area contributed by atoms with Gasteiger partial charge in [-0.3, -0.25) is 9.59 Å². The Balaban J connectivity index is 1.78. The average Bonchev–Trinajstić information content (AvgIpc) is 2.75. The molecule has 0 spiro atoms. The second-order valence-electron chi connectivity index (χ2n) is 7.23. The molecule has 2 N–H and O–H groups in total. The third-order valence-electron chi connectivity index (χ3n) is 5.23. The van der Waals surface area contributed by atoms with Crippen molar-refractivity contribution in [2.75, 3.05) is 12.3 Å². The largest absolute Gasteiger partial charge is 0.368 e. The molecule has 8 nitrogen and oxygen atoms in total. The van der Waals surface area contributed by atoms with Crippen molar-refractivity contribution in [2.24, 2.45) is 7.05 Å². The van der Waals surface area contributed by atoms with Crippen LogP contribution >= 0.6 is 0 Å². The smallest absolute Gasteiger partial charge is 0.274 e. The standard InChI is InChI=1S/C21H21FN6O2/c1-27-18(29)9-8-16(26-27)20(30)28-10-3-2-7-17(28)19-15(12-24-21(23)25-19)13-5-4-6-14(22)11-13/h4-6,8-9,11-12,17H,2-3,7,10H2,1H3,(H2,23,24,25)/t17-/m0/s1. The number of aromatic nitrogens is 4. The van der Waals surface area contributed by atoms with Crippen LogP contribution in [0.5, 0.6) is 0 Å². The zero-order chi connectivity index (χ0) is 21.3. The maximum Gasteiger partial charge on any atom is 0.274 e. The number of nitrogens with zero attached hydrogens (tertiary/aromatic N) is 5. The molecule has 3 aromatic rings. The predicted octanol–water partition coefficient (Wildman–Crippen LogP) is 2.33. The van der Waals surface area contributed by atoms with Gasteiger partial charge in [0.05, 0.1) is 11.7 Å². The van der Waals surface area contributed by atoms with Crippen LogP contribution in [0.3, 0.4) is 0 Å². The van der Waals surface area contributed by atoms with Crippen LogP contribution in [0.25, 0.3) is 11.1 Å². The van der Waals surface area contributed by atoms with Crippen molar-refractivity contribution in [2.45, 2.75) is 25.3 Å². The molecule has 0 bridgehead atoms. The molecule has 4 rings (SSSR count). The van der Waals surface area contributed by atoms with E-state index in [1.807, 2.05) is 0 Å². The molecule has 2 aromatic heterocycles. The van der Waals surface area contributed by atoms with Crippen LogP contribution < -0.4 is 11.3 Å². The van der Waals surface area contributed by atoms with E-state index < -0.39 is 0 Å². The number of nitrogens with two attached hydrogens (primary N) is 1. The van der Waals surface area contributed by atoms with Gasteiger partial charge in [-0.25, -0.2) is 19.0 Å². The molecule has 0 saturated carbocycles. The summed E-state index contributed by atoms with van der Waals surface area (Å²) < 4.78 is 15.0. The van der Waals surface area contributed by atoms with Crippen molar-refractivity contribution >= 4 is 11.9 Å². The quantitative estimate of drug-likeness (QED) is 0.713. The summed E-state index contributed by atoms with van der Waals surface area (Å²) in [7, 11) is 1.50. The lowest BCUT2D eigenvalue weighted by atomic mass is 9.93. The molecule has 0 unspecified atom stereocenters. The molecule has 1 aromatic carbocycles. The second kappa shape index (κ2) is 8.02. The molecular formula is C21H21FN6O2. The molecule has 1 atom stereocenters. The van der Waals surface area contributed by atoms with Gasteiger partial charge in [-0.2, -0.15) is 5.10 Å². The first-order chi connectivity index (χ1) is 14.4. The van der Waals surface area contributed by atoms with Gasteiger partial charge < -0.3 is 10.6 Å². The number of carbonyl (C=O) groups is 1. The van der Waals surface area contributed by atoms with Crippen molar-refractivity contribution in [3.8, 4) is 11.1 Å². The van der Waals surface area contributed by atoms with Gasteiger partial charge in [-0.05, 0) is 43.0 Å². The van der Waals surface area contributed by atoms with E-state index in [2.05, 4.69) is 15.1 Å². The number of halogens is 1. The number of rotatable bonds is 3. The summed E-state index contributed by atoms with van der Waals surface area (Å²) in [6.45, 7) is 0.514. The topological polar surface area (TPSA) is 107 Å². The van der Waals surface area contributed by atoms with Crippen LogP contribution in [0, 0.1) is 5.82 Å². The van der Waals surface area contributed by atoms with E-state index in [0.717, 1.165) is 17.5 Å². The summed E-state index contributed by atoms with van der Waals surface area (Å²) in [5.41, 5.74) is 7.56. The van der Waals surface area contributed by atoms with E-state index in [4.69, 9.17) is 5.73 Å². The molecule has 0 radical (unpaired) electrons. The molecule has 3 heterocycles. The predicted molar refractivity (Wildman–Crippen MR) is 109 cm³/mol. The van der Waals surface area contributed by atoms with E-state index in [-0.39, 0.29) is 35.0 Å². The summed E-state index contributed by atoms with van der Waals surface area (Å²) in [4.78, 5) is 35.1. The minimum Gasteiger partial charge on any atom is -0.368 e. The van der Waals surface area contributed by atoms with Crippen LogP contribution in [-0.4, -0.2) is 37.1 Å². The molecule has 1 fully saturated rings. The van der Waals surface area contributed by atoms with Crippen molar-refractivity contribution < 1.29 is 9.18 Å². The van der Waals surface area contributed by atoms with Crippen molar-refractivity contribution in [3.05, 3.63) is 70.2 Å². The van der Waals surface area contributed by atoms with Gasteiger partial charge >= 0.3 is 0 Å². The number of anilines is 1. The fourth-order valence-electron chi connectivity index (χ4n) is 3.76. The third-order valence-corrected chi connectivity index (χ3v) is 5.23. The molecule has 1 amide bonds. The maximum absolute atomic E-state index is 13.8. The number of nitrogen functional groups attached to an aromatic ring is 1. The monoisotopic (exact) mass is 408 g/mol. The summed E-state index contributed by atoms with van der Waals surface area (Å²) in [6.07, 6.45) is 3.98. The van der Waals surface area contributed by atoms with Crippen LogP contribution in [0.4, 0.5) is 10.3 Å². The van der Waals surface area contributed by atoms with Crippen molar-refractivity contribution in [3.63, 3.8) is 0 Å². The summed E-state index contributed by atoms with van der Waals surface area (Å²) in [5, 5.41) is 4.09. The molecule has 0 aliphatic carbocycles. The van der Waals surface area contributed by atoms with Crippen molar-refractivity contribution in [1.29, 1.82) is 0 Å². The SMILES string of the molecule is Cn1nc(C(=O)N2CCCC[C@H]2c2nc(N)ncc2-c2cccc(F)c2)ccc1=O. The van der Waals surface area contributed by atoms with Crippen molar-refractivity contribution in [1.82, 2.24) is 24.6 Å². The Hall–Kier alpha value is -3.62. The van der Waals surface area contributed by atoms with Crippen LogP contribution in [0.15, 0.2) is 47.4 Å². The van der Waals surface area contributed by atoms with Crippen LogP contribution in [0.2, 0.25) is 0 Å². The normalized spacial score (nSPS) is 16.5. The summed E-state index contributed by atoms with van der Waals surface area (Å²) in [6, 6.07) is 8.53. The minimum absolute atomic E-state index is 0.0864. The molecule has 154 valence electrons. The molecule has 1 aliphatic rings. The Kier molecular flexibility index (Phi) is 5.26. The maximum atomic E-state index is 13.8. The first kappa shape index (κ1) is 19.7. The van der Waals surface area contributed by atoms with Gasteiger partial charge in [0.15, 0.2) is 0 Å². The Morgan fingerprint density at radius 3 is 2.83 bits per heavy atom. The minimum atomic E-state index is -0.374. The van der Waals surface area contributed by atoms with E-state index >= 15 is 0 Å². The van der Waals surface area contributed by atoms with Gasteiger partial charge in [-0.15, -0.1) is 0 Å². The number of aryl methyl sites for hydroxylation is 1. The van der Waals surface area contributed by atoms with Gasteiger partial charge in [0.2, 0.25) is 5.95 Å². The van der Waals surface area contributed by atoms with Gasteiger partial charge in [0, 0.05) is 31.4 Å². The zero-order valence-corrected chi connectivity index (χ0v) is 16.5. The lowest BCUT2D eigenvalue weighted by Crippen LogP contribution is -2.40. The number of carbonyl (C=O) groups excluding carboxylic acids is 1. The highest BCUT2D eigenvalue weighted by Gasteiger charge is 2.32. The third kappa shape index (κ3) is 3.78. The van der Waals surface area contributed by atoms with Gasteiger partial charge in [0.1, 0.15) is 11.5 Å². The molecule has 1 aliphatic heterocycles. The fraction of sp³-hybridized carbons (Fsp3) is 0.286. The molecule has 30 heavy (non-hydrogen) atoms. The fourth-order valence-corrected chi connectivity index (χ4v) is 3.76. The molecular weight excluding hydrogens is 387 g/mol. The average molecular weight is 408 g/mol. The summed E-state index contributed by atoms with van der Waals surface area (Å²) in [5.74, 6) is -0.581. The van der Waals surface area contributed by atoms with E-state index in [1.165, 1.54) is 31.3 Å². The highest BCUT2D eigenvalue weighted by Crippen LogP contribution is 2.36. The first-order valence-electron chi connectivity index (χ1n) is 9.68. The first-order valence-corrected chi connectivity index (χ1v) is 9.68. The number of benzene rings is 1. The number of hydrogen-bond acceptors (Lipinski definition) is 6. The van der Waals surface area contributed by atoms with Crippen LogP contribution in [-0.2, 0) is 7.05 Å². The Labute approximate surface area is 172 Å². The summed E-state index contributed by atoms with van der Waals surface area (Å²) >= 11 is 0. The van der Waals surface area contributed by atoms with E-state index in [9.17, 15) is 14.0 Å². The number of likely N-dealkylation sites (tertiary alicyclic amines) is 1. The number of hydrogen-bond donors (Lipinski definition) is 1. The molecule has 1 saturated heterocycles. The van der Waals surface area contributed by atoms with E-state index in [1.54, 1.807) is 23.2 Å². The number of piperidine rings is 1. The van der Waals surface area contributed by atoms with Gasteiger partial charge in [0.25, 0.3) is 11.5 Å². The number of amides is 1.